The van der Waals surface area contributed by atoms with Gasteiger partial charge in [-0.05, 0) is 95.8 Å². The Balaban J connectivity index is 1.31. The summed E-state index contributed by atoms with van der Waals surface area (Å²) in [5.74, 6) is -3.87. The van der Waals surface area contributed by atoms with Gasteiger partial charge in [0, 0.05) is 11.5 Å². The van der Waals surface area contributed by atoms with Gasteiger partial charge >= 0.3 is 6.11 Å². The average Bonchev–Trinajstić information content (AvgIpc) is 2.98. The summed E-state index contributed by atoms with van der Waals surface area (Å²) in [6, 6.07) is 16.3. The first-order valence-corrected chi connectivity index (χ1v) is 14.5. The van der Waals surface area contributed by atoms with E-state index >= 15 is 13.2 Å². The van der Waals surface area contributed by atoms with E-state index in [1.807, 2.05) is 19.1 Å². The molecule has 0 bridgehead atoms. The first kappa shape index (κ1) is 30.5. The highest BCUT2D eigenvalue weighted by molar-refractivity contribution is 5.71. The van der Waals surface area contributed by atoms with Crippen molar-refractivity contribution in [2.75, 3.05) is 0 Å². The molecule has 0 saturated heterocycles. The summed E-state index contributed by atoms with van der Waals surface area (Å²) in [7, 11) is 0. The molecule has 0 heterocycles. The van der Waals surface area contributed by atoms with Crippen LogP contribution in [0.1, 0.15) is 62.1 Å². The van der Waals surface area contributed by atoms with Crippen LogP contribution >= 0.6 is 0 Å². The van der Waals surface area contributed by atoms with E-state index in [9.17, 15) is 13.2 Å². The molecule has 1 nitrogen and oxygen atoms in total. The fourth-order valence-electron chi connectivity index (χ4n) is 5.61. The fourth-order valence-corrected chi connectivity index (χ4v) is 5.61. The largest absolute Gasteiger partial charge is 0.432 e. The number of alkyl halides is 2. The molecule has 0 aromatic heterocycles. The molecule has 1 aliphatic carbocycles. The Morgan fingerprint density at radius 1 is 0.698 bits per heavy atom. The van der Waals surface area contributed by atoms with Crippen LogP contribution in [0, 0.1) is 29.2 Å². The van der Waals surface area contributed by atoms with Crippen LogP contribution in [0.5, 0.6) is 5.75 Å². The van der Waals surface area contributed by atoms with Gasteiger partial charge in [0.15, 0.2) is 0 Å². The second-order valence-electron chi connectivity index (χ2n) is 11.0. The number of halogens is 6. The van der Waals surface area contributed by atoms with Crippen LogP contribution in [0.2, 0.25) is 0 Å². The predicted molar refractivity (Wildman–Crippen MR) is 157 cm³/mol. The summed E-state index contributed by atoms with van der Waals surface area (Å²) in [5.41, 5.74) is 1.01. The lowest BCUT2D eigenvalue weighted by Gasteiger charge is -2.24. The highest BCUT2D eigenvalue weighted by Gasteiger charge is 2.41. The van der Waals surface area contributed by atoms with Crippen molar-refractivity contribution in [1.82, 2.24) is 0 Å². The van der Waals surface area contributed by atoms with E-state index in [0.717, 1.165) is 31.4 Å². The first-order valence-electron chi connectivity index (χ1n) is 14.5. The van der Waals surface area contributed by atoms with Crippen molar-refractivity contribution in [1.29, 1.82) is 0 Å². The van der Waals surface area contributed by atoms with Crippen molar-refractivity contribution in [3.05, 3.63) is 125 Å². The van der Waals surface area contributed by atoms with E-state index < -0.39 is 34.9 Å². The van der Waals surface area contributed by atoms with Gasteiger partial charge in [0.2, 0.25) is 0 Å². The Morgan fingerprint density at radius 3 is 1.93 bits per heavy atom. The average molecular weight is 595 g/mol. The fraction of sp³-hybridized carbons (Fsp3) is 0.278. The second-order valence-corrected chi connectivity index (χ2v) is 11.0. The molecule has 0 fully saturated rings. The van der Waals surface area contributed by atoms with Crippen LogP contribution in [0.4, 0.5) is 26.3 Å². The summed E-state index contributed by atoms with van der Waals surface area (Å²) in [4.78, 5) is 0. The molecule has 0 spiro atoms. The molecule has 4 aromatic carbocycles. The van der Waals surface area contributed by atoms with Gasteiger partial charge in [-0.2, -0.15) is 8.78 Å². The minimum Gasteiger partial charge on any atom is -0.429 e. The lowest BCUT2D eigenvalue weighted by atomic mass is 9.83. The summed E-state index contributed by atoms with van der Waals surface area (Å²) in [6.07, 6.45) is 3.51. The van der Waals surface area contributed by atoms with Crippen molar-refractivity contribution in [2.45, 2.75) is 58.0 Å². The zero-order valence-corrected chi connectivity index (χ0v) is 23.9. The highest BCUT2D eigenvalue weighted by Crippen LogP contribution is 2.39. The van der Waals surface area contributed by atoms with Gasteiger partial charge in [0.05, 0.1) is 0 Å². The van der Waals surface area contributed by atoms with E-state index in [1.54, 1.807) is 18.2 Å². The molecule has 5 rings (SSSR count). The van der Waals surface area contributed by atoms with Gasteiger partial charge in [-0.3, -0.25) is 0 Å². The van der Waals surface area contributed by atoms with Crippen LogP contribution in [0.15, 0.2) is 84.9 Å². The number of aryl methyl sites for hydroxylation is 1. The van der Waals surface area contributed by atoms with Gasteiger partial charge < -0.3 is 4.74 Å². The topological polar surface area (TPSA) is 9.23 Å². The molecule has 0 radical (unpaired) electrons. The normalized spacial score (nSPS) is 16.8. The molecule has 0 saturated carbocycles. The summed E-state index contributed by atoms with van der Waals surface area (Å²) in [6.45, 7) is 4.01. The molecule has 7 heteroatoms. The Bertz CT molecular complexity index is 1600. The minimum absolute atomic E-state index is 0.227. The molecule has 43 heavy (non-hydrogen) atoms. The monoisotopic (exact) mass is 594 g/mol. The van der Waals surface area contributed by atoms with E-state index in [2.05, 4.69) is 6.92 Å². The number of hydrogen-bond donors (Lipinski definition) is 0. The van der Waals surface area contributed by atoms with E-state index in [4.69, 9.17) is 4.74 Å². The van der Waals surface area contributed by atoms with Crippen LogP contribution < -0.4 is 4.74 Å². The molecule has 224 valence electrons. The number of benzene rings is 4. The molecule has 4 aromatic rings. The van der Waals surface area contributed by atoms with Crippen molar-refractivity contribution in [3.63, 3.8) is 0 Å². The van der Waals surface area contributed by atoms with E-state index in [-0.39, 0.29) is 17.2 Å². The molecule has 1 aliphatic rings. The number of ether oxygens (including phenoxy) is 1. The quantitative estimate of drug-likeness (QED) is 0.138. The Kier molecular flexibility index (Phi) is 9.00. The maximum atomic E-state index is 15.0. The van der Waals surface area contributed by atoms with Crippen LogP contribution in [-0.4, -0.2) is 0 Å². The van der Waals surface area contributed by atoms with Gasteiger partial charge in [-0.1, -0.05) is 68.8 Å². The van der Waals surface area contributed by atoms with Gasteiger partial charge in [0.25, 0.3) is 0 Å². The smallest absolute Gasteiger partial charge is 0.429 e. The first-order chi connectivity index (χ1) is 20.6. The van der Waals surface area contributed by atoms with Crippen molar-refractivity contribution in [2.24, 2.45) is 5.92 Å². The van der Waals surface area contributed by atoms with Crippen molar-refractivity contribution in [3.8, 4) is 28.0 Å². The van der Waals surface area contributed by atoms with Gasteiger partial charge in [-0.15, -0.1) is 0 Å². The van der Waals surface area contributed by atoms with Crippen LogP contribution in [0.3, 0.4) is 0 Å². The number of allylic oxidation sites excluding steroid dienone is 2. The zero-order valence-electron chi connectivity index (χ0n) is 23.9. The zero-order chi connectivity index (χ0) is 30.7. The van der Waals surface area contributed by atoms with Crippen LogP contribution in [-0.2, 0) is 12.5 Å². The molecule has 0 amide bonds. The van der Waals surface area contributed by atoms with Crippen LogP contribution in [0.25, 0.3) is 22.3 Å². The predicted octanol–water partition coefficient (Wildman–Crippen LogP) is 11.1. The number of hydrogen-bond acceptors (Lipinski definition) is 1. The third kappa shape index (κ3) is 6.66. The summed E-state index contributed by atoms with van der Waals surface area (Å²) in [5, 5.41) is 0. The standard InChI is InChI=1S/C36H32F6O/c1-3-5-25-10-11-27(19-31(25)37)30-17-14-26(18-32(30)38)23-12-15-29(16-13-23)43-36(41,42)35-33(39)20-28(21-34(35)40)24-8-6-22(4-2)7-9-24/h6,8,10-22,24H,3-5,7,9H2,1-2H3. The van der Waals surface area contributed by atoms with Crippen molar-refractivity contribution < 1.29 is 31.1 Å². The molecular weight excluding hydrogens is 562 g/mol. The molecule has 2 atom stereocenters. The molecule has 2 unspecified atom stereocenters. The Morgan fingerprint density at radius 2 is 1.35 bits per heavy atom. The van der Waals surface area contributed by atoms with Gasteiger partial charge in [-0.25, -0.2) is 17.6 Å². The highest BCUT2D eigenvalue weighted by atomic mass is 19.3. The third-order valence-corrected chi connectivity index (χ3v) is 8.06. The van der Waals surface area contributed by atoms with Crippen molar-refractivity contribution >= 4 is 0 Å². The third-order valence-electron chi connectivity index (χ3n) is 8.06. The lowest BCUT2D eigenvalue weighted by molar-refractivity contribution is -0.189. The summed E-state index contributed by atoms with van der Waals surface area (Å²) >= 11 is 0. The Hall–Kier alpha value is -4.00. The minimum atomic E-state index is -4.28. The van der Waals surface area contributed by atoms with Gasteiger partial charge in [0.1, 0.15) is 34.6 Å². The SMILES string of the molecule is CCCc1ccc(-c2ccc(-c3ccc(OC(F)(F)c4c(F)cc(C5C=CC(CC)CC5)cc4F)cc3)cc2F)cc1F. The lowest BCUT2D eigenvalue weighted by Crippen LogP contribution is -2.25. The second kappa shape index (κ2) is 12.7. The van der Waals surface area contributed by atoms with E-state index in [0.29, 0.717) is 46.6 Å². The maximum absolute atomic E-state index is 15.0. The Labute approximate surface area is 247 Å². The molecule has 0 aliphatic heterocycles. The molecular formula is C36H32F6O. The molecule has 0 N–H and O–H groups in total. The number of rotatable bonds is 9. The summed E-state index contributed by atoms with van der Waals surface area (Å²) < 4.78 is 94.0. The van der Waals surface area contributed by atoms with E-state index in [1.165, 1.54) is 42.5 Å². The maximum Gasteiger partial charge on any atom is 0.432 e.